The molecule has 0 aromatic heterocycles. The van der Waals surface area contributed by atoms with Crippen molar-refractivity contribution in [1.82, 2.24) is 4.90 Å². The molecule has 0 aliphatic rings. The van der Waals surface area contributed by atoms with Crippen LogP contribution in [0.1, 0.15) is 24.2 Å². The number of carbonyl (C=O) groups is 1. The van der Waals surface area contributed by atoms with Crippen molar-refractivity contribution in [2.24, 2.45) is 0 Å². The molecule has 0 heterocycles. The molecule has 0 aliphatic heterocycles. The third-order valence-electron chi connectivity index (χ3n) is 2.28. The average molecular weight is 237 g/mol. The normalized spacial score (nSPS) is 14.1. The molecule has 4 nitrogen and oxygen atoms in total. The minimum absolute atomic E-state index is 0.174. The van der Waals surface area contributed by atoms with E-state index in [2.05, 4.69) is 0 Å². The zero-order valence-corrected chi connectivity index (χ0v) is 10.2. The van der Waals surface area contributed by atoms with Gasteiger partial charge in [0.2, 0.25) is 0 Å². The Balaban J connectivity index is 2.79. The number of aliphatic hydroxyl groups is 2. The summed E-state index contributed by atoms with van der Waals surface area (Å²) in [6, 6.07) is 8.86. The van der Waals surface area contributed by atoms with Crippen molar-refractivity contribution >= 4 is 5.91 Å². The molecule has 2 unspecified atom stereocenters. The second-order valence-electron chi connectivity index (χ2n) is 4.27. The highest BCUT2D eigenvalue weighted by Crippen LogP contribution is 2.06. The highest BCUT2D eigenvalue weighted by molar-refractivity contribution is 5.94. The first-order valence-electron chi connectivity index (χ1n) is 5.71. The van der Waals surface area contributed by atoms with Crippen LogP contribution in [-0.4, -0.2) is 46.3 Å². The van der Waals surface area contributed by atoms with Gasteiger partial charge in [0.25, 0.3) is 5.91 Å². The summed E-state index contributed by atoms with van der Waals surface area (Å²) in [5.41, 5.74) is 0.564. The lowest BCUT2D eigenvalue weighted by molar-refractivity contribution is 0.0518. The number of carbonyl (C=O) groups excluding carboxylic acids is 1. The highest BCUT2D eigenvalue weighted by Gasteiger charge is 2.18. The molecule has 0 fully saturated rings. The molecule has 1 amide bonds. The maximum Gasteiger partial charge on any atom is 0.254 e. The fourth-order valence-electron chi connectivity index (χ4n) is 1.64. The number of hydrogen-bond donors (Lipinski definition) is 2. The van der Waals surface area contributed by atoms with Crippen molar-refractivity contribution in [1.29, 1.82) is 0 Å². The minimum Gasteiger partial charge on any atom is -0.392 e. The second-order valence-corrected chi connectivity index (χ2v) is 4.27. The Morgan fingerprint density at radius 1 is 1.12 bits per heavy atom. The lowest BCUT2D eigenvalue weighted by Gasteiger charge is -2.25. The molecule has 0 bridgehead atoms. The van der Waals surface area contributed by atoms with E-state index in [0.717, 1.165) is 0 Å². The summed E-state index contributed by atoms with van der Waals surface area (Å²) in [5, 5.41) is 18.7. The molecule has 0 spiro atoms. The Kier molecular flexibility index (Phi) is 5.12. The number of hydrogen-bond acceptors (Lipinski definition) is 3. The fraction of sp³-hybridized carbons (Fsp3) is 0.462. The zero-order valence-electron chi connectivity index (χ0n) is 10.2. The van der Waals surface area contributed by atoms with Crippen molar-refractivity contribution in [2.45, 2.75) is 26.1 Å². The fourth-order valence-corrected chi connectivity index (χ4v) is 1.64. The first-order valence-corrected chi connectivity index (χ1v) is 5.71. The topological polar surface area (TPSA) is 60.8 Å². The summed E-state index contributed by atoms with van der Waals surface area (Å²) in [4.78, 5) is 13.6. The van der Waals surface area contributed by atoms with E-state index in [1.54, 1.807) is 38.1 Å². The van der Waals surface area contributed by atoms with E-state index in [4.69, 9.17) is 0 Å². The molecular formula is C13H19NO3. The van der Waals surface area contributed by atoms with E-state index in [1.165, 1.54) is 4.90 Å². The predicted molar refractivity (Wildman–Crippen MR) is 65.7 cm³/mol. The third-order valence-corrected chi connectivity index (χ3v) is 2.28. The Hall–Kier alpha value is -1.39. The Morgan fingerprint density at radius 2 is 1.59 bits per heavy atom. The number of rotatable bonds is 5. The van der Waals surface area contributed by atoms with E-state index in [1.807, 2.05) is 6.07 Å². The molecule has 0 aliphatic carbocycles. The predicted octanol–water partition coefficient (Wildman–Crippen LogP) is 0.890. The molecule has 94 valence electrons. The summed E-state index contributed by atoms with van der Waals surface area (Å²) in [6.07, 6.45) is -1.22. The smallest absolute Gasteiger partial charge is 0.254 e. The van der Waals surface area contributed by atoms with E-state index in [0.29, 0.717) is 5.56 Å². The van der Waals surface area contributed by atoms with Crippen molar-refractivity contribution in [3.63, 3.8) is 0 Å². The van der Waals surface area contributed by atoms with Gasteiger partial charge in [-0.15, -0.1) is 0 Å². The molecule has 2 atom stereocenters. The number of benzene rings is 1. The molecule has 1 rings (SSSR count). The van der Waals surface area contributed by atoms with Gasteiger partial charge < -0.3 is 15.1 Å². The molecule has 0 radical (unpaired) electrons. The average Bonchev–Trinajstić information content (AvgIpc) is 2.27. The SMILES string of the molecule is CC(O)CN(CC(C)O)C(=O)c1ccccc1. The van der Waals surface area contributed by atoms with Crippen LogP contribution in [0, 0.1) is 0 Å². The number of amides is 1. The maximum absolute atomic E-state index is 12.1. The molecule has 1 aromatic carbocycles. The Labute approximate surface area is 101 Å². The van der Waals surface area contributed by atoms with Crippen LogP contribution in [0.2, 0.25) is 0 Å². The first-order chi connectivity index (χ1) is 8.00. The standard InChI is InChI=1S/C13H19NO3/c1-10(15)8-14(9-11(2)16)13(17)12-6-4-3-5-7-12/h3-7,10-11,15-16H,8-9H2,1-2H3. The Bertz CT molecular complexity index is 339. The van der Waals surface area contributed by atoms with Crippen LogP contribution < -0.4 is 0 Å². The van der Waals surface area contributed by atoms with Gasteiger partial charge in [-0.25, -0.2) is 0 Å². The number of nitrogens with zero attached hydrogens (tertiary/aromatic N) is 1. The lowest BCUT2D eigenvalue weighted by Crippen LogP contribution is -2.40. The molecule has 0 saturated heterocycles. The summed E-state index contributed by atoms with van der Waals surface area (Å²) in [6.45, 7) is 3.68. The van der Waals surface area contributed by atoms with Crippen LogP contribution in [0.25, 0.3) is 0 Å². The molecular weight excluding hydrogens is 218 g/mol. The summed E-state index contributed by atoms with van der Waals surface area (Å²) >= 11 is 0. The molecule has 2 N–H and O–H groups in total. The number of aliphatic hydroxyl groups excluding tert-OH is 2. The molecule has 17 heavy (non-hydrogen) atoms. The monoisotopic (exact) mass is 237 g/mol. The van der Waals surface area contributed by atoms with E-state index in [9.17, 15) is 15.0 Å². The molecule has 1 aromatic rings. The Morgan fingerprint density at radius 3 is 2.00 bits per heavy atom. The van der Waals surface area contributed by atoms with Crippen molar-refractivity contribution in [3.05, 3.63) is 35.9 Å². The van der Waals surface area contributed by atoms with Crippen LogP contribution in [0.15, 0.2) is 30.3 Å². The van der Waals surface area contributed by atoms with Gasteiger partial charge in [-0.2, -0.15) is 0 Å². The molecule has 0 saturated carbocycles. The summed E-state index contributed by atoms with van der Waals surface area (Å²) in [5.74, 6) is -0.174. The van der Waals surface area contributed by atoms with Gasteiger partial charge in [-0.05, 0) is 26.0 Å². The van der Waals surface area contributed by atoms with Gasteiger partial charge in [0.15, 0.2) is 0 Å². The van der Waals surface area contributed by atoms with Gasteiger partial charge in [-0.1, -0.05) is 18.2 Å². The van der Waals surface area contributed by atoms with Crippen LogP contribution in [0.4, 0.5) is 0 Å². The van der Waals surface area contributed by atoms with Gasteiger partial charge in [-0.3, -0.25) is 4.79 Å². The van der Waals surface area contributed by atoms with Gasteiger partial charge in [0, 0.05) is 18.7 Å². The highest BCUT2D eigenvalue weighted by atomic mass is 16.3. The largest absolute Gasteiger partial charge is 0.392 e. The quantitative estimate of drug-likeness (QED) is 0.799. The van der Waals surface area contributed by atoms with Crippen LogP contribution >= 0.6 is 0 Å². The van der Waals surface area contributed by atoms with Crippen molar-refractivity contribution in [2.75, 3.05) is 13.1 Å². The second kappa shape index (κ2) is 6.37. The van der Waals surface area contributed by atoms with Crippen molar-refractivity contribution < 1.29 is 15.0 Å². The van der Waals surface area contributed by atoms with E-state index >= 15 is 0 Å². The van der Waals surface area contributed by atoms with Gasteiger partial charge in [0.05, 0.1) is 12.2 Å². The van der Waals surface area contributed by atoms with E-state index < -0.39 is 12.2 Å². The first kappa shape index (κ1) is 13.7. The van der Waals surface area contributed by atoms with Crippen molar-refractivity contribution in [3.8, 4) is 0 Å². The third kappa shape index (κ3) is 4.54. The van der Waals surface area contributed by atoms with Crippen LogP contribution in [0.3, 0.4) is 0 Å². The summed E-state index contributed by atoms with van der Waals surface area (Å²) < 4.78 is 0. The molecule has 4 heteroatoms. The minimum atomic E-state index is -0.610. The van der Waals surface area contributed by atoms with Gasteiger partial charge in [0.1, 0.15) is 0 Å². The van der Waals surface area contributed by atoms with Crippen LogP contribution in [-0.2, 0) is 0 Å². The lowest BCUT2D eigenvalue weighted by atomic mass is 10.2. The summed E-state index contributed by atoms with van der Waals surface area (Å²) in [7, 11) is 0. The van der Waals surface area contributed by atoms with E-state index in [-0.39, 0.29) is 19.0 Å². The zero-order chi connectivity index (χ0) is 12.8. The maximum atomic E-state index is 12.1. The van der Waals surface area contributed by atoms with Gasteiger partial charge >= 0.3 is 0 Å². The van der Waals surface area contributed by atoms with Crippen LogP contribution in [0.5, 0.6) is 0 Å².